The molecule has 1 fully saturated rings. The van der Waals surface area contributed by atoms with Crippen LogP contribution in [0.2, 0.25) is 0 Å². The number of imidazole rings is 1. The van der Waals surface area contributed by atoms with Crippen LogP contribution in [-0.4, -0.2) is 37.4 Å². The summed E-state index contributed by atoms with van der Waals surface area (Å²) in [5.74, 6) is -1.31. The lowest BCUT2D eigenvalue weighted by atomic mass is 10.2. The Morgan fingerprint density at radius 3 is 2.75 bits per heavy atom. The molecule has 4 heterocycles. The first-order chi connectivity index (χ1) is 15.4. The molecule has 166 valence electrons. The summed E-state index contributed by atoms with van der Waals surface area (Å²) in [7, 11) is 0. The first-order valence-electron chi connectivity index (χ1n) is 9.79. The van der Waals surface area contributed by atoms with Crippen molar-refractivity contribution in [1.82, 2.24) is 29.6 Å². The van der Waals surface area contributed by atoms with Gasteiger partial charge >= 0.3 is 12.1 Å². The lowest BCUT2D eigenvalue weighted by Crippen LogP contribution is -2.29. The van der Waals surface area contributed by atoms with E-state index in [4.69, 9.17) is 4.42 Å². The number of rotatable bonds is 5. The monoisotopic (exact) mass is 508 g/mol. The van der Waals surface area contributed by atoms with Gasteiger partial charge in [-0.2, -0.15) is 8.78 Å². The average molecular weight is 509 g/mol. The van der Waals surface area contributed by atoms with E-state index in [1.165, 1.54) is 16.8 Å². The molecule has 0 aliphatic carbocycles. The Hall–Kier alpha value is -2.99. The Balaban J connectivity index is 1.51. The number of alkyl halides is 2. The van der Waals surface area contributed by atoms with Crippen LogP contribution in [0.4, 0.5) is 13.2 Å². The van der Waals surface area contributed by atoms with Crippen LogP contribution < -0.4 is 11.0 Å². The topological polar surface area (TPSA) is 90.8 Å². The van der Waals surface area contributed by atoms with Crippen molar-refractivity contribution in [3.05, 3.63) is 62.8 Å². The van der Waals surface area contributed by atoms with Crippen LogP contribution in [0.1, 0.15) is 30.5 Å². The van der Waals surface area contributed by atoms with Crippen molar-refractivity contribution < 1.29 is 17.6 Å². The van der Waals surface area contributed by atoms with Crippen molar-refractivity contribution >= 4 is 27.0 Å². The Morgan fingerprint density at radius 2 is 2.09 bits per heavy atom. The van der Waals surface area contributed by atoms with Gasteiger partial charge in [0, 0.05) is 18.8 Å². The quantitative estimate of drug-likeness (QED) is 0.442. The molecule has 5 rings (SSSR count). The number of hydrogen-bond acceptors (Lipinski definition) is 6. The first-order valence-corrected chi connectivity index (χ1v) is 10.6. The number of aromatic nitrogens is 5. The Kier molecular flexibility index (Phi) is 5.33. The van der Waals surface area contributed by atoms with Crippen molar-refractivity contribution in [2.45, 2.75) is 25.4 Å². The van der Waals surface area contributed by atoms with E-state index in [1.54, 1.807) is 22.8 Å². The zero-order chi connectivity index (χ0) is 22.4. The Morgan fingerprint density at radius 1 is 1.25 bits per heavy atom. The molecule has 4 aromatic rings. The summed E-state index contributed by atoms with van der Waals surface area (Å²) in [4.78, 5) is 17.6. The minimum Gasteiger partial charge on any atom is -0.415 e. The summed E-state index contributed by atoms with van der Waals surface area (Å²) in [6.45, 7) is 1.57. The third-order valence-corrected chi connectivity index (χ3v) is 6.03. The predicted octanol–water partition coefficient (Wildman–Crippen LogP) is 3.67. The SMILES string of the molecule is O=c1n(Cc2ccc(-c3nnc(C(F)F)o3)cn2)c2cc(F)c(Br)cc2n1[C@@H]1CCNC1. The largest absolute Gasteiger partial charge is 0.415 e. The number of nitrogens with zero attached hydrogens (tertiary/aromatic N) is 5. The van der Waals surface area contributed by atoms with Gasteiger partial charge in [0.2, 0.25) is 5.89 Å². The third kappa shape index (κ3) is 3.62. The van der Waals surface area contributed by atoms with Crippen molar-refractivity contribution in [2.24, 2.45) is 0 Å². The summed E-state index contributed by atoms with van der Waals surface area (Å²) >= 11 is 3.21. The molecule has 1 N–H and O–H groups in total. The van der Waals surface area contributed by atoms with E-state index < -0.39 is 18.1 Å². The highest BCUT2D eigenvalue weighted by atomic mass is 79.9. The normalized spacial score (nSPS) is 16.5. The van der Waals surface area contributed by atoms with Crippen LogP contribution >= 0.6 is 15.9 Å². The van der Waals surface area contributed by atoms with Crippen LogP contribution in [0, 0.1) is 5.82 Å². The van der Waals surface area contributed by atoms with Gasteiger partial charge in [0.25, 0.3) is 5.89 Å². The van der Waals surface area contributed by atoms with Gasteiger partial charge < -0.3 is 9.73 Å². The molecule has 0 spiro atoms. The maximum atomic E-state index is 14.3. The average Bonchev–Trinajstić information content (AvgIpc) is 3.51. The predicted molar refractivity (Wildman–Crippen MR) is 112 cm³/mol. The molecule has 0 saturated carbocycles. The van der Waals surface area contributed by atoms with Crippen molar-refractivity contribution in [1.29, 1.82) is 0 Å². The standard InChI is InChI=1S/C20H16BrF3N6O2/c21-13-5-16-15(6-14(13)22)29(20(31)30(16)12-3-4-25-8-12)9-11-2-1-10(7-26-11)18-27-28-19(32-18)17(23)24/h1-2,5-7,12,17,25H,3-4,8-9H2/t12-/m1/s1. The number of hydrogen-bond donors (Lipinski definition) is 1. The van der Waals surface area contributed by atoms with Crippen molar-refractivity contribution in [2.75, 3.05) is 13.1 Å². The summed E-state index contributed by atoms with van der Waals surface area (Å²) in [5, 5.41) is 10.1. The number of halogens is 4. The molecular formula is C20H16BrF3N6O2. The van der Waals surface area contributed by atoms with E-state index in [2.05, 4.69) is 36.4 Å². The first kappa shape index (κ1) is 20.9. The number of benzene rings is 1. The maximum Gasteiger partial charge on any atom is 0.329 e. The van der Waals surface area contributed by atoms with Crippen molar-refractivity contribution in [3.8, 4) is 11.5 Å². The molecule has 0 amide bonds. The van der Waals surface area contributed by atoms with Gasteiger partial charge in [0.05, 0.1) is 39.4 Å². The van der Waals surface area contributed by atoms with Gasteiger partial charge in [-0.1, -0.05) is 0 Å². The Labute approximate surface area is 187 Å². The zero-order valence-corrected chi connectivity index (χ0v) is 18.0. The number of pyridine rings is 1. The summed E-state index contributed by atoms with van der Waals surface area (Å²) in [6.07, 6.45) is -0.658. The summed E-state index contributed by atoms with van der Waals surface area (Å²) in [5.41, 5.74) is 1.74. The van der Waals surface area contributed by atoms with Gasteiger partial charge in [0.15, 0.2) is 0 Å². The Bertz CT molecular complexity index is 1340. The lowest BCUT2D eigenvalue weighted by molar-refractivity contribution is 0.116. The molecule has 1 aliphatic heterocycles. The number of nitrogens with one attached hydrogen (secondary N) is 1. The smallest absolute Gasteiger partial charge is 0.329 e. The highest BCUT2D eigenvalue weighted by Gasteiger charge is 2.25. The fourth-order valence-electron chi connectivity index (χ4n) is 3.88. The minimum absolute atomic E-state index is 0.0273. The van der Waals surface area contributed by atoms with Crippen LogP contribution in [0.15, 0.2) is 44.1 Å². The molecule has 1 saturated heterocycles. The zero-order valence-electron chi connectivity index (χ0n) is 16.4. The van der Waals surface area contributed by atoms with E-state index in [0.717, 1.165) is 13.0 Å². The van der Waals surface area contributed by atoms with Gasteiger partial charge in [-0.25, -0.2) is 9.18 Å². The van der Waals surface area contributed by atoms with E-state index >= 15 is 0 Å². The minimum atomic E-state index is -2.86. The molecule has 3 aromatic heterocycles. The molecule has 1 atom stereocenters. The number of fused-ring (bicyclic) bond motifs is 1. The highest BCUT2D eigenvalue weighted by Crippen LogP contribution is 2.27. The molecule has 12 heteroatoms. The van der Waals surface area contributed by atoms with Gasteiger partial charge in [-0.05, 0) is 47.1 Å². The molecule has 8 nitrogen and oxygen atoms in total. The molecule has 0 bridgehead atoms. The molecule has 1 aliphatic rings. The van der Waals surface area contributed by atoms with Crippen LogP contribution in [0.3, 0.4) is 0 Å². The molecule has 1 aromatic carbocycles. The summed E-state index contributed by atoms with van der Waals surface area (Å²) < 4.78 is 48.0. The lowest BCUT2D eigenvalue weighted by Gasteiger charge is -2.10. The van der Waals surface area contributed by atoms with Gasteiger partial charge in [-0.3, -0.25) is 14.1 Å². The van der Waals surface area contributed by atoms with Gasteiger partial charge in [-0.15, -0.1) is 10.2 Å². The van der Waals surface area contributed by atoms with Crippen LogP contribution in [0.5, 0.6) is 0 Å². The van der Waals surface area contributed by atoms with Crippen LogP contribution in [0.25, 0.3) is 22.5 Å². The highest BCUT2D eigenvalue weighted by molar-refractivity contribution is 9.10. The van der Waals surface area contributed by atoms with E-state index in [0.29, 0.717) is 28.8 Å². The fourth-order valence-corrected chi connectivity index (χ4v) is 4.21. The van der Waals surface area contributed by atoms with Gasteiger partial charge in [0.1, 0.15) is 5.82 Å². The second-order valence-electron chi connectivity index (χ2n) is 7.42. The van der Waals surface area contributed by atoms with E-state index in [1.807, 2.05) is 0 Å². The summed E-state index contributed by atoms with van der Waals surface area (Å²) in [6, 6.07) is 6.14. The molecule has 32 heavy (non-hydrogen) atoms. The maximum absolute atomic E-state index is 14.3. The fraction of sp³-hybridized carbons (Fsp3) is 0.300. The second-order valence-corrected chi connectivity index (χ2v) is 8.28. The van der Waals surface area contributed by atoms with Crippen molar-refractivity contribution in [3.63, 3.8) is 0 Å². The second kappa shape index (κ2) is 8.17. The molecular weight excluding hydrogens is 493 g/mol. The molecule has 0 radical (unpaired) electrons. The van der Waals surface area contributed by atoms with Crippen LogP contribution in [-0.2, 0) is 6.54 Å². The molecule has 0 unspecified atom stereocenters. The van der Waals surface area contributed by atoms with E-state index in [9.17, 15) is 18.0 Å². The third-order valence-electron chi connectivity index (χ3n) is 5.42. The van der Waals surface area contributed by atoms with E-state index in [-0.39, 0.29) is 28.6 Å².